The molecule has 0 aromatic carbocycles. The van der Waals surface area contributed by atoms with Gasteiger partial charge in [-0.1, -0.05) is 40.5 Å². The van der Waals surface area contributed by atoms with Crippen molar-refractivity contribution in [2.45, 2.75) is 65.8 Å². The van der Waals surface area contributed by atoms with Gasteiger partial charge in [0.05, 0.1) is 0 Å². The van der Waals surface area contributed by atoms with Crippen LogP contribution in [0, 0.1) is 11.3 Å². The maximum Gasteiger partial charge on any atom is 0.0223 e. The van der Waals surface area contributed by atoms with E-state index in [0.29, 0.717) is 11.5 Å². The summed E-state index contributed by atoms with van der Waals surface area (Å²) in [5.41, 5.74) is 6.36. The van der Waals surface area contributed by atoms with Gasteiger partial charge in [0.15, 0.2) is 0 Å². The van der Waals surface area contributed by atoms with Crippen LogP contribution < -0.4 is 5.73 Å². The number of likely N-dealkylation sites (tertiary alicyclic amines) is 1. The highest BCUT2D eigenvalue weighted by atomic mass is 15.2. The first-order chi connectivity index (χ1) is 7.96. The molecule has 0 aliphatic carbocycles. The fraction of sp³-hybridized carbons (Fsp3) is 1.00. The normalized spacial score (nSPS) is 21.7. The molecule has 1 atom stereocenters. The Hall–Kier alpha value is -0.0800. The molecule has 1 aliphatic heterocycles. The van der Waals surface area contributed by atoms with Gasteiger partial charge in [-0.25, -0.2) is 0 Å². The average Bonchev–Trinajstić information content (AvgIpc) is 2.26. The molecular formula is C15H32N2. The van der Waals surface area contributed by atoms with Gasteiger partial charge >= 0.3 is 0 Å². The quantitative estimate of drug-likeness (QED) is 0.799. The highest BCUT2D eigenvalue weighted by Gasteiger charge is 2.26. The first-order valence-electron chi connectivity index (χ1n) is 7.40. The van der Waals surface area contributed by atoms with Crippen LogP contribution in [0.25, 0.3) is 0 Å². The molecule has 1 heterocycles. The lowest BCUT2D eigenvalue weighted by atomic mass is 9.85. The molecule has 2 heteroatoms. The van der Waals surface area contributed by atoms with Crippen molar-refractivity contribution in [3.63, 3.8) is 0 Å². The number of nitrogens with two attached hydrogens (primary N) is 1. The van der Waals surface area contributed by atoms with E-state index in [9.17, 15) is 0 Å². The van der Waals surface area contributed by atoms with Crippen molar-refractivity contribution in [1.82, 2.24) is 4.90 Å². The Morgan fingerprint density at radius 3 is 2.24 bits per heavy atom. The molecule has 17 heavy (non-hydrogen) atoms. The van der Waals surface area contributed by atoms with Crippen molar-refractivity contribution in [3.05, 3.63) is 0 Å². The molecule has 0 radical (unpaired) electrons. The molecule has 2 nitrogen and oxygen atoms in total. The topological polar surface area (TPSA) is 29.3 Å². The third kappa shape index (κ3) is 5.39. The maximum absolute atomic E-state index is 5.96. The van der Waals surface area contributed by atoms with Gasteiger partial charge in [-0.05, 0) is 43.7 Å². The van der Waals surface area contributed by atoms with Crippen molar-refractivity contribution in [2.24, 2.45) is 17.1 Å². The first-order valence-corrected chi connectivity index (χ1v) is 7.40. The van der Waals surface area contributed by atoms with E-state index in [1.54, 1.807) is 0 Å². The molecule has 102 valence electrons. The van der Waals surface area contributed by atoms with E-state index in [2.05, 4.69) is 32.6 Å². The van der Waals surface area contributed by atoms with Crippen LogP contribution in [0.4, 0.5) is 0 Å². The van der Waals surface area contributed by atoms with Crippen LogP contribution in [0.1, 0.15) is 59.8 Å². The lowest BCUT2D eigenvalue weighted by Gasteiger charge is -2.39. The fourth-order valence-electron chi connectivity index (χ4n) is 3.08. The van der Waals surface area contributed by atoms with E-state index in [1.165, 1.54) is 45.2 Å². The van der Waals surface area contributed by atoms with Crippen LogP contribution in [0.5, 0.6) is 0 Å². The average molecular weight is 240 g/mol. The molecule has 0 spiro atoms. The van der Waals surface area contributed by atoms with E-state index < -0.39 is 0 Å². The Labute approximate surface area is 108 Å². The number of piperidine rings is 1. The Kier molecular flexibility index (Phi) is 5.94. The van der Waals surface area contributed by atoms with Gasteiger partial charge in [0.25, 0.3) is 0 Å². The summed E-state index contributed by atoms with van der Waals surface area (Å²) < 4.78 is 0. The van der Waals surface area contributed by atoms with Gasteiger partial charge in [0.2, 0.25) is 0 Å². The minimum atomic E-state index is 0.393. The largest absolute Gasteiger partial charge is 0.329 e. The molecule has 1 saturated heterocycles. The monoisotopic (exact) mass is 240 g/mol. The van der Waals surface area contributed by atoms with Crippen molar-refractivity contribution in [3.8, 4) is 0 Å². The van der Waals surface area contributed by atoms with E-state index in [0.717, 1.165) is 12.5 Å². The second-order valence-corrected chi connectivity index (χ2v) is 6.92. The molecule has 1 unspecified atom stereocenters. The predicted molar refractivity (Wildman–Crippen MR) is 76.1 cm³/mol. The van der Waals surface area contributed by atoms with Crippen molar-refractivity contribution in [2.75, 3.05) is 19.6 Å². The van der Waals surface area contributed by atoms with Crippen LogP contribution >= 0.6 is 0 Å². The van der Waals surface area contributed by atoms with Crippen LogP contribution in [0.2, 0.25) is 0 Å². The third-order valence-electron chi connectivity index (χ3n) is 3.98. The highest BCUT2D eigenvalue weighted by Crippen LogP contribution is 2.27. The van der Waals surface area contributed by atoms with Crippen molar-refractivity contribution in [1.29, 1.82) is 0 Å². The minimum absolute atomic E-state index is 0.393. The fourth-order valence-corrected chi connectivity index (χ4v) is 3.08. The predicted octanol–water partition coefficient (Wildman–Crippen LogP) is 3.26. The first kappa shape index (κ1) is 15.0. The summed E-state index contributed by atoms with van der Waals surface area (Å²) in [6, 6.07) is 0.595. The standard InChI is InChI=1S/C15H32N2/c1-5-6-13-7-9-17(10-8-13)14(12-16)11-15(2,3)4/h13-14H,5-12,16H2,1-4H3. The zero-order chi connectivity index (χ0) is 12.9. The molecule has 0 amide bonds. The van der Waals surface area contributed by atoms with E-state index >= 15 is 0 Å². The molecule has 1 aliphatic rings. The third-order valence-corrected chi connectivity index (χ3v) is 3.98. The maximum atomic E-state index is 5.96. The van der Waals surface area contributed by atoms with Crippen LogP contribution in [-0.4, -0.2) is 30.6 Å². The molecule has 0 saturated carbocycles. The summed E-state index contributed by atoms with van der Waals surface area (Å²) >= 11 is 0. The second kappa shape index (κ2) is 6.75. The zero-order valence-corrected chi connectivity index (χ0v) is 12.3. The van der Waals surface area contributed by atoms with Crippen LogP contribution in [0.3, 0.4) is 0 Å². The summed E-state index contributed by atoms with van der Waals surface area (Å²) in [5, 5.41) is 0. The van der Waals surface area contributed by atoms with Gasteiger partial charge < -0.3 is 5.73 Å². The van der Waals surface area contributed by atoms with E-state index in [1.807, 2.05) is 0 Å². The molecule has 2 N–H and O–H groups in total. The smallest absolute Gasteiger partial charge is 0.0223 e. The van der Waals surface area contributed by atoms with Gasteiger partial charge in [0, 0.05) is 12.6 Å². The van der Waals surface area contributed by atoms with Gasteiger partial charge in [-0.3, -0.25) is 4.90 Å². The van der Waals surface area contributed by atoms with Gasteiger partial charge in [0.1, 0.15) is 0 Å². The summed E-state index contributed by atoms with van der Waals surface area (Å²) in [7, 11) is 0. The number of rotatable bonds is 5. The van der Waals surface area contributed by atoms with Crippen LogP contribution in [0.15, 0.2) is 0 Å². The Bertz CT molecular complexity index is 199. The molecular weight excluding hydrogens is 208 g/mol. The zero-order valence-electron chi connectivity index (χ0n) is 12.3. The lowest BCUT2D eigenvalue weighted by molar-refractivity contribution is 0.104. The van der Waals surface area contributed by atoms with Crippen LogP contribution in [-0.2, 0) is 0 Å². The lowest BCUT2D eigenvalue weighted by Crippen LogP contribution is -2.46. The van der Waals surface area contributed by atoms with Crippen molar-refractivity contribution >= 4 is 0 Å². The van der Waals surface area contributed by atoms with Crippen molar-refractivity contribution < 1.29 is 0 Å². The second-order valence-electron chi connectivity index (χ2n) is 6.92. The Morgan fingerprint density at radius 2 is 1.82 bits per heavy atom. The molecule has 0 bridgehead atoms. The molecule has 0 aromatic rings. The van der Waals surface area contributed by atoms with E-state index in [4.69, 9.17) is 5.73 Å². The minimum Gasteiger partial charge on any atom is -0.329 e. The highest BCUT2D eigenvalue weighted by molar-refractivity contribution is 4.82. The van der Waals surface area contributed by atoms with Gasteiger partial charge in [-0.2, -0.15) is 0 Å². The molecule has 1 rings (SSSR count). The molecule has 1 fully saturated rings. The summed E-state index contributed by atoms with van der Waals surface area (Å²) in [5.74, 6) is 0.976. The Balaban J connectivity index is 2.40. The van der Waals surface area contributed by atoms with Gasteiger partial charge in [-0.15, -0.1) is 0 Å². The van der Waals surface area contributed by atoms with E-state index in [-0.39, 0.29) is 0 Å². The summed E-state index contributed by atoms with van der Waals surface area (Å²) in [6.45, 7) is 12.6. The number of hydrogen-bond donors (Lipinski definition) is 1. The Morgan fingerprint density at radius 1 is 1.24 bits per heavy atom. The molecule has 0 aromatic heterocycles. The SMILES string of the molecule is CCCC1CCN(C(CN)CC(C)(C)C)CC1. The number of hydrogen-bond acceptors (Lipinski definition) is 2. The summed E-state index contributed by atoms with van der Waals surface area (Å²) in [4.78, 5) is 2.64. The number of nitrogens with zero attached hydrogens (tertiary/aromatic N) is 1. The summed E-state index contributed by atoms with van der Waals surface area (Å²) in [6.07, 6.45) is 6.75.